The summed E-state index contributed by atoms with van der Waals surface area (Å²) in [5.74, 6) is -1.96. The van der Waals surface area contributed by atoms with Crippen LogP contribution in [0, 0.1) is 13.8 Å². The fourth-order valence-corrected chi connectivity index (χ4v) is 4.56. The molecule has 4 rings (SSSR count). The molecule has 0 radical (unpaired) electrons. The number of aryl methyl sites for hydroxylation is 2. The Kier molecular flexibility index (Phi) is 6.78. The number of aliphatic hydroxyl groups is 1. The number of rotatable bonds is 4. The predicted octanol–water partition coefficient (Wildman–Crippen LogP) is 6.19. The first-order valence-electron chi connectivity index (χ1n) is 12.2. The lowest BCUT2D eigenvalue weighted by Crippen LogP contribution is -2.29. The zero-order valence-corrected chi connectivity index (χ0v) is 22.0. The lowest BCUT2D eigenvalue weighted by molar-refractivity contribution is -0.132. The van der Waals surface area contributed by atoms with Gasteiger partial charge in [0.25, 0.3) is 11.7 Å². The quantitative estimate of drug-likeness (QED) is 0.256. The van der Waals surface area contributed by atoms with Crippen LogP contribution in [-0.2, 0) is 19.8 Å². The number of nitrogens with zero attached hydrogens (tertiary/aromatic N) is 1. The third-order valence-electron chi connectivity index (χ3n) is 6.76. The minimum Gasteiger partial charge on any atom is -0.507 e. The summed E-state index contributed by atoms with van der Waals surface area (Å²) in [5, 5.41) is 14.1. The Balaban J connectivity index is 1.93. The van der Waals surface area contributed by atoms with Crippen LogP contribution < -0.4 is 10.2 Å². The van der Waals surface area contributed by atoms with Crippen molar-refractivity contribution < 1.29 is 19.5 Å². The second-order valence-electron chi connectivity index (χ2n) is 10.6. The summed E-state index contributed by atoms with van der Waals surface area (Å²) in [6.45, 7) is 11.6. The van der Waals surface area contributed by atoms with E-state index < -0.39 is 17.7 Å². The minimum atomic E-state index is -0.844. The zero-order chi connectivity index (χ0) is 27.1. The highest BCUT2D eigenvalue weighted by atomic mass is 16.3. The van der Waals surface area contributed by atoms with E-state index in [0.717, 1.165) is 16.7 Å². The fraction of sp³-hybridized carbons (Fsp3) is 0.258. The second kappa shape index (κ2) is 9.69. The van der Waals surface area contributed by atoms with Gasteiger partial charge >= 0.3 is 0 Å². The molecule has 3 aromatic carbocycles. The van der Waals surface area contributed by atoms with Gasteiger partial charge in [-0.25, -0.2) is 0 Å². The van der Waals surface area contributed by atoms with Gasteiger partial charge in [-0.2, -0.15) is 0 Å². The molecular formula is C31H32N2O4. The number of anilines is 2. The third kappa shape index (κ3) is 5.05. The van der Waals surface area contributed by atoms with Gasteiger partial charge in [-0.1, -0.05) is 63.2 Å². The fourth-order valence-electron chi connectivity index (χ4n) is 4.56. The Bertz CT molecular complexity index is 1430. The molecule has 1 atom stereocenters. The molecule has 1 saturated heterocycles. The van der Waals surface area contributed by atoms with Crippen molar-refractivity contribution in [3.63, 3.8) is 0 Å². The molecule has 190 valence electrons. The van der Waals surface area contributed by atoms with E-state index in [-0.39, 0.29) is 22.7 Å². The number of hydrogen-bond acceptors (Lipinski definition) is 4. The van der Waals surface area contributed by atoms with E-state index in [2.05, 4.69) is 26.1 Å². The molecule has 0 spiro atoms. The average molecular weight is 497 g/mol. The van der Waals surface area contributed by atoms with Crippen molar-refractivity contribution >= 4 is 34.7 Å². The van der Waals surface area contributed by atoms with E-state index in [1.165, 1.54) is 11.8 Å². The van der Waals surface area contributed by atoms with Gasteiger partial charge < -0.3 is 10.4 Å². The number of amides is 2. The number of nitrogens with one attached hydrogen (secondary N) is 1. The number of aliphatic hydroxyl groups excluding tert-OH is 1. The monoisotopic (exact) mass is 496 g/mol. The zero-order valence-electron chi connectivity index (χ0n) is 22.0. The largest absolute Gasteiger partial charge is 0.507 e. The van der Waals surface area contributed by atoms with Gasteiger partial charge in [0.1, 0.15) is 5.76 Å². The van der Waals surface area contributed by atoms with Crippen molar-refractivity contribution in [2.24, 2.45) is 0 Å². The van der Waals surface area contributed by atoms with Crippen LogP contribution in [0.15, 0.2) is 72.3 Å². The first kappa shape index (κ1) is 25.9. The number of carbonyl (C=O) groups is 3. The number of benzene rings is 3. The van der Waals surface area contributed by atoms with Gasteiger partial charge in [0.15, 0.2) is 0 Å². The van der Waals surface area contributed by atoms with Crippen LogP contribution in [0.4, 0.5) is 11.4 Å². The number of Topliss-reactive ketones (excluding diaryl/α,β-unsaturated/α-hetero) is 1. The molecule has 1 unspecified atom stereocenters. The van der Waals surface area contributed by atoms with Crippen LogP contribution >= 0.6 is 0 Å². The predicted molar refractivity (Wildman–Crippen MR) is 147 cm³/mol. The SMILES string of the molecule is CC(=O)Nc1cccc(N2C(=O)C(=O)/C(=C(/O)c3ccc(C)c(C)c3)C2c2ccc(C(C)(C)C)cc2)c1. The molecule has 3 aromatic rings. The van der Waals surface area contributed by atoms with Gasteiger partial charge in [0.05, 0.1) is 11.6 Å². The Morgan fingerprint density at radius 3 is 2.19 bits per heavy atom. The van der Waals surface area contributed by atoms with E-state index in [4.69, 9.17) is 0 Å². The van der Waals surface area contributed by atoms with Gasteiger partial charge in [0, 0.05) is 23.9 Å². The summed E-state index contributed by atoms with van der Waals surface area (Å²) in [6.07, 6.45) is 0. The van der Waals surface area contributed by atoms with Crippen molar-refractivity contribution in [1.29, 1.82) is 0 Å². The van der Waals surface area contributed by atoms with Crippen LogP contribution in [-0.4, -0.2) is 22.7 Å². The molecule has 1 aliphatic heterocycles. The van der Waals surface area contributed by atoms with Crippen LogP contribution in [0.2, 0.25) is 0 Å². The van der Waals surface area contributed by atoms with E-state index >= 15 is 0 Å². The van der Waals surface area contributed by atoms with Crippen molar-refractivity contribution in [3.8, 4) is 0 Å². The Labute approximate surface area is 217 Å². The maximum Gasteiger partial charge on any atom is 0.300 e. The van der Waals surface area contributed by atoms with Crippen LogP contribution in [0.1, 0.15) is 61.6 Å². The first-order valence-corrected chi connectivity index (χ1v) is 12.2. The molecule has 0 aliphatic carbocycles. The summed E-state index contributed by atoms with van der Waals surface area (Å²) < 4.78 is 0. The van der Waals surface area contributed by atoms with Gasteiger partial charge in [-0.05, 0) is 65.8 Å². The molecule has 1 aliphatic rings. The van der Waals surface area contributed by atoms with Crippen LogP contribution in [0.3, 0.4) is 0 Å². The van der Waals surface area contributed by atoms with Crippen LogP contribution in [0.5, 0.6) is 0 Å². The number of ketones is 1. The Hall–Kier alpha value is -4.19. The third-order valence-corrected chi connectivity index (χ3v) is 6.76. The lowest BCUT2D eigenvalue weighted by Gasteiger charge is -2.27. The molecule has 0 bridgehead atoms. The molecular weight excluding hydrogens is 464 g/mol. The maximum atomic E-state index is 13.5. The molecule has 0 aromatic heterocycles. The van der Waals surface area contributed by atoms with Crippen molar-refractivity contribution in [1.82, 2.24) is 0 Å². The molecule has 2 amide bonds. The highest BCUT2D eigenvalue weighted by molar-refractivity contribution is 6.51. The van der Waals surface area contributed by atoms with Crippen molar-refractivity contribution in [3.05, 3.63) is 100 Å². The lowest BCUT2D eigenvalue weighted by atomic mass is 9.85. The molecule has 2 N–H and O–H groups in total. The second-order valence-corrected chi connectivity index (χ2v) is 10.6. The molecule has 1 fully saturated rings. The molecule has 6 heteroatoms. The molecule has 6 nitrogen and oxygen atoms in total. The number of hydrogen-bond donors (Lipinski definition) is 2. The van der Waals surface area contributed by atoms with Gasteiger partial charge in [-0.3, -0.25) is 19.3 Å². The normalized spacial score (nSPS) is 17.2. The van der Waals surface area contributed by atoms with Gasteiger partial charge in [0.2, 0.25) is 5.91 Å². The van der Waals surface area contributed by atoms with Crippen molar-refractivity contribution in [2.75, 3.05) is 10.2 Å². The maximum absolute atomic E-state index is 13.5. The van der Waals surface area contributed by atoms with Crippen molar-refractivity contribution in [2.45, 2.75) is 53.0 Å². The summed E-state index contributed by atoms with van der Waals surface area (Å²) in [4.78, 5) is 39.9. The summed E-state index contributed by atoms with van der Waals surface area (Å²) >= 11 is 0. The van der Waals surface area contributed by atoms with E-state index in [9.17, 15) is 19.5 Å². The van der Waals surface area contributed by atoms with E-state index in [0.29, 0.717) is 22.5 Å². The summed E-state index contributed by atoms with van der Waals surface area (Å²) in [6, 6.07) is 19.2. The highest BCUT2D eigenvalue weighted by Gasteiger charge is 2.47. The van der Waals surface area contributed by atoms with E-state index in [1.807, 2.05) is 50.2 Å². The van der Waals surface area contributed by atoms with Crippen LogP contribution in [0.25, 0.3) is 5.76 Å². The molecule has 0 saturated carbocycles. The Morgan fingerprint density at radius 2 is 1.59 bits per heavy atom. The minimum absolute atomic E-state index is 0.0293. The van der Waals surface area contributed by atoms with Gasteiger partial charge in [-0.15, -0.1) is 0 Å². The standard InChI is InChI=1S/C31H32N2O4/c1-18-10-11-22(16-19(18)2)28(35)26-27(21-12-14-23(15-13-21)31(4,5)6)33(30(37)29(26)36)25-9-7-8-24(17-25)32-20(3)34/h7-17,27,35H,1-6H3,(H,32,34)/b28-26+. The first-order chi connectivity index (χ1) is 17.4. The molecule has 37 heavy (non-hydrogen) atoms. The molecule has 1 heterocycles. The topological polar surface area (TPSA) is 86.7 Å². The summed E-state index contributed by atoms with van der Waals surface area (Å²) in [7, 11) is 0. The average Bonchev–Trinajstić information content (AvgIpc) is 3.10. The smallest absolute Gasteiger partial charge is 0.300 e. The number of carbonyl (C=O) groups excluding carboxylic acids is 3. The summed E-state index contributed by atoms with van der Waals surface area (Å²) in [5.41, 5.74) is 5.20. The highest BCUT2D eigenvalue weighted by Crippen LogP contribution is 2.43. The van der Waals surface area contributed by atoms with E-state index in [1.54, 1.807) is 30.3 Å². The Morgan fingerprint density at radius 1 is 0.919 bits per heavy atom.